The van der Waals surface area contributed by atoms with Crippen LogP contribution in [0.1, 0.15) is 56.0 Å². The third kappa shape index (κ3) is 12.0. The van der Waals surface area contributed by atoms with E-state index in [0.29, 0.717) is 5.56 Å². The van der Waals surface area contributed by atoms with Gasteiger partial charge in [-0.05, 0) is 69.5 Å². The van der Waals surface area contributed by atoms with Gasteiger partial charge in [0.1, 0.15) is 30.5 Å². The molecule has 0 bridgehead atoms. The van der Waals surface area contributed by atoms with Crippen molar-refractivity contribution in [2.75, 3.05) is 19.8 Å². The van der Waals surface area contributed by atoms with Crippen LogP contribution in [0.4, 0.5) is 17.6 Å². The van der Waals surface area contributed by atoms with Gasteiger partial charge in [0.2, 0.25) is 0 Å². The Labute approximate surface area is 223 Å². The molecule has 0 amide bonds. The van der Waals surface area contributed by atoms with E-state index >= 15 is 0 Å². The molecule has 2 rings (SSSR count). The Hall–Kier alpha value is -3.89. The number of unbranched alkanes of at least 4 members (excludes halogenated alkanes) is 1. The average molecular weight is 555 g/mol. The second-order valence-corrected chi connectivity index (χ2v) is 9.41. The largest absolute Gasteiger partial charge is 0.493 e. The van der Waals surface area contributed by atoms with Crippen molar-refractivity contribution in [3.8, 4) is 11.5 Å². The molecular weight excluding hydrogens is 524 g/mol. The molecule has 0 spiro atoms. The second kappa shape index (κ2) is 14.3. The first-order valence-corrected chi connectivity index (χ1v) is 12.1. The van der Waals surface area contributed by atoms with E-state index in [4.69, 9.17) is 18.9 Å². The lowest BCUT2D eigenvalue weighted by Crippen LogP contribution is -2.24. The number of carbonyl (C=O) groups is 3. The summed E-state index contributed by atoms with van der Waals surface area (Å²) in [6.45, 7) is 4.96. The number of halogens is 4. The van der Waals surface area contributed by atoms with Crippen molar-refractivity contribution >= 4 is 24.0 Å². The molecule has 2 aromatic rings. The molecule has 0 atom stereocenters. The maximum absolute atomic E-state index is 14.4. The predicted octanol–water partition coefficient (Wildman–Crippen LogP) is 6.30. The van der Waals surface area contributed by atoms with E-state index in [0.717, 1.165) is 12.1 Å². The van der Waals surface area contributed by atoms with Crippen LogP contribution in [0, 0.1) is 11.2 Å². The van der Waals surface area contributed by atoms with Crippen LogP contribution in [0.2, 0.25) is 0 Å². The maximum Gasteiger partial charge on any atom is 0.389 e. The van der Waals surface area contributed by atoms with Crippen LogP contribution in [0.25, 0.3) is 6.08 Å². The fraction of sp³-hybridized carbons (Fsp3) is 0.393. The highest BCUT2D eigenvalue weighted by atomic mass is 19.4. The van der Waals surface area contributed by atoms with Gasteiger partial charge in [0.25, 0.3) is 0 Å². The smallest absolute Gasteiger partial charge is 0.389 e. The number of rotatable bonds is 12. The maximum atomic E-state index is 14.4. The number of benzene rings is 2. The van der Waals surface area contributed by atoms with E-state index in [2.05, 4.69) is 0 Å². The lowest BCUT2D eigenvalue weighted by atomic mass is 9.97. The van der Waals surface area contributed by atoms with Gasteiger partial charge in [0.15, 0.2) is 0 Å². The van der Waals surface area contributed by atoms with Gasteiger partial charge in [-0.25, -0.2) is 14.0 Å². The third-order valence-electron chi connectivity index (χ3n) is 4.96. The van der Waals surface area contributed by atoms with Crippen LogP contribution in [0.3, 0.4) is 0 Å². The zero-order valence-electron chi connectivity index (χ0n) is 21.8. The van der Waals surface area contributed by atoms with Gasteiger partial charge in [-0.1, -0.05) is 12.1 Å². The number of carbonyl (C=O) groups excluding carboxylic acids is 3. The molecule has 0 unspecified atom stereocenters. The van der Waals surface area contributed by atoms with E-state index in [1.165, 1.54) is 30.4 Å². The van der Waals surface area contributed by atoms with Crippen LogP contribution in [-0.4, -0.2) is 43.9 Å². The highest BCUT2D eigenvalue weighted by Crippen LogP contribution is 2.23. The summed E-state index contributed by atoms with van der Waals surface area (Å²) in [5.74, 6) is -2.69. The molecule has 0 saturated heterocycles. The second-order valence-electron chi connectivity index (χ2n) is 9.41. The molecule has 0 aliphatic carbocycles. The van der Waals surface area contributed by atoms with E-state index in [9.17, 15) is 31.9 Å². The lowest BCUT2D eigenvalue weighted by Gasteiger charge is -2.16. The molecular formula is C28H30F4O7. The van der Waals surface area contributed by atoms with Crippen molar-refractivity contribution in [3.05, 3.63) is 65.5 Å². The minimum Gasteiger partial charge on any atom is -0.493 e. The molecule has 0 aliphatic heterocycles. The van der Waals surface area contributed by atoms with Crippen molar-refractivity contribution in [2.45, 2.75) is 46.2 Å². The summed E-state index contributed by atoms with van der Waals surface area (Å²) >= 11 is 0. The number of esters is 3. The van der Waals surface area contributed by atoms with Gasteiger partial charge in [-0.3, -0.25) is 4.79 Å². The first kappa shape index (κ1) is 31.3. The monoisotopic (exact) mass is 554 g/mol. The van der Waals surface area contributed by atoms with Gasteiger partial charge in [0.05, 0.1) is 17.6 Å². The topological polar surface area (TPSA) is 88.1 Å². The molecule has 0 aromatic heterocycles. The van der Waals surface area contributed by atoms with E-state index < -0.39 is 41.7 Å². The van der Waals surface area contributed by atoms with Gasteiger partial charge < -0.3 is 18.9 Å². The normalized spacial score (nSPS) is 11.8. The Morgan fingerprint density at radius 2 is 1.49 bits per heavy atom. The molecule has 0 heterocycles. The molecule has 0 N–H and O–H groups in total. The van der Waals surface area contributed by atoms with Gasteiger partial charge in [-0.15, -0.1) is 0 Å². The minimum absolute atomic E-state index is 0.0231. The summed E-state index contributed by atoms with van der Waals surface area (Å²) in [5.41, 5.74) is -0.404. The molecule has 212 valence electrons. The summed E-state index contributed by atoms with van der Waals surface area (Å²) < 4.78 is 71.2. The Balaban J connectivity index is 1.79. The zero-order chi connectivity index (χ0) is 29.1. The van der Waals surface area contributed by atoms with E-state index in [-0.39, 0.29) is 49.7 Å². The standard InChI is InChI=1S/C28H30F4O7/c1-27(2,3)26(35)38-17-16-37-24(33)13-8-19-6-9-20(10-7-19)39-25(34)22-12-11-21(18-23(22)29)36-15-5-4-14-28(30,31)32/h6-13,18H,4-5,14-17H2,1-3H3/b13-8+. The van der Waals surface area contributed by atoms with Crippen LogP contribution in [0.15, 0.2) is 48.5 Å². The van der Waals surface area contributed by atoms with Gasteiger partial charge in [0, 0.05) is 18.6 Å². The molecule has 2 aromatic carbocycles. The molecule has 0 aliphatic rings. The van der Waals surface area contributed by atoms with Crippen LogP contribution in [0.5, 0.6) is 11.5 Å². The Bertz CT molecular complexity index is 1150. The first-order chi connectivity index (χ1) is 18.2. The summed E-state index contributed by atoms with van der Waals surface area (Å²) in [6, 6.07) is 9.46. The summed E-state index contributed by atoms with van der Waals surface area (Å²) in [4.78, 5) is 35.8. The number of hydrogen-bond donors (Lipinski definition) is 0. The van der Waals surface area contributed by atoms with E-state index in [1.54, 1.807) is 32.9 Å². The average Bonchev–Trinajstić information content (AvgIpc) is 2.84. The third-order valence-corrected chi connectivity index (χ3v) is 4.96. The highest BCUT2D eigenvalue weighted by molar-refractivity contribution is 5.91. The van der Waals surface area contributed by atoms with Crippen LogP contribution >= 0.6 is 0 Å². The first-order valence-electron chi connectivity index (χ1n) is 12.1. The fourth-order valence-corrected chi connectivity index (χ4v) is 2.88. The van der Waals surface area contributed by atoms with Crippen molar-refractivity contribution in [2.24, 2.45) is 5.41 Å². The zero-order valence-corrected chi connectivity index (χ0v) is 21.8. The molecule has 0 fully saturated rings. The molecule has 7 nitrogen and oxygen atoms in total. The lowest BCUT2D eigenvalue weighted by molar-refractivity contribution is -0.156. The Morgan fingerprint density at radius 3 is 2.10 bits per heavy atom. The fourth-order valence-electron chi connectivity index (χ4n) is 2.88. The Kier molecular flexibility index (Phi) is 11.5. The summed E-state index contributed by atoms with van der Waals surface area (Å²) in [5, 5.41) is 0. The van der Waals surface area contributed by atoms with Crippen molar-refractivity contribution in [1.29, 1.82) is 0 Å². The van der Waals surface area contributed by atoms with Crippen molar-refractivity contribution < 1.29 is 50.9 Å². The number of alkyl halides is 3. The Morgan fingerprint density at radius 1 is 0.846 bits per heavy atom. The minimum atomic E-state index is -4.23. The SMILES string of the molecule is CC(C)(C)C(=O)OCCOC(=O)/C=C/c1ccc(OC(=O)c2ccc(OCCCCC(F)(F)F)cc2F)cc1. The van der Waals surface area contributed by atoms with Crippen LogP contribution in [-0.2, 0) is 19.1 Å². The van der Waals surface area contributed by atoms with Gasteiger partial charge in [-0.2, -0.15) is 13.2 Å². The molecule has 0 saturated carbocycles. The highest BCUT2D eigenvalue weighted by Gasteiger charge is 2.26. The number of hydrogen-bond acceptors (Lipinski definition) is 7. The number of ether oxygens (including phenoxy) is 4. The van der Waals surface area contributed by atoms with Gasteiger partial charge >= 0.3 is 24.1 Å². The summed E-state index contributed by atoms with van der Waals surface area (Å²) in [7, 11) is 0. The summed E-state index contributed by atoms with van der Waals surface area (Å²) in [6.07, 6.45) is -2.46. The van der Waals surface area contributed by atoms with Crippen molar-refractivity contribution in [1.82, 2.24) is 0 Å². The molecule has 39 heavy (non-hydrogen) atoms. The predicted molar refractivity (Wildman–Crippen MR) is 134 cm³/mol. The van der Waals surface area contributed by atoms with E-state index in [1.807, 2.05) is 0 Å². The molecule has 11 heteroatoms. The quantitative estimate of drug-likeness (QED) is 0.100. The molecule has 0 radical (unpaired) electrons. The van der Waals surface area contributed by atoms with Crippen LogP contribution < -0.4 is 9.47 Å². The van der Waals surface area contributed by atoms with Crippen molar-refractivity contribution in [3.63, 3.8) is 0 Å².